The average Bonchev–Trinajstić information content (AvgIpc) is 2.40. The number of aliphatic hydroxyl groups is 1. The summed E-state index contributed by atoms with van der Waals surface area (Å²) in [7, 11) is 0. The molecule has 1 aromatic rings. The molecule has 2 amide bonds. The van der Waals surface area contributed by atoms with Crippen molar-refractivity contribution in [3.8, 4) is 0 Å². The first kappa shape index (κ1) is 17.7. The van der Waals surface area contributed by atoms with Crippen LogP contribution in [0.4, 0.5) is 10.5 Å². The highest BCUT2D eigenvalue weighted by atomic mass is 35.5. The van der Waals surface area contributed by atoms with Gasteiger partial charge in [0.05, 0.1) is 5.69 Å². The van der Waals surface area contributed by atoms with Crippen LogP contribution in [-0.4, -0.2) is 29.3 Å². The zero-order chi connectivity index (χ0) is 15.8. The second-order valence-electron chi connectivity index (χ2n) is 5.25. The number of carbonyl (C=O) groups is 1. The predicted octanol–water partition coefficient (Wildman–Crippen LogP) is 3.27. The van der Waals surface area contributed by atoms with Gasteiger partial charge in [-0.2, -0.15) is 0 Å². The third-order valence-electron chi connectivity index (χ3n) is 3.32. The van der Waals surface area contributed by atoms with Crippen LogP contribution in [0.3, 0.4) is 0 Å². The van der Waals surface area contributed by atoms with Crippen LogP contribution in [0.5, 0.6) is 0 Å². The van der Waals surface area contributed by atoms with Gasteiger partial charge in [-0.05, 0) is 44.2 Å². The first-order valence-corrected chi connectivity index (χ1v) is 7.65. The Kier molecular flexibility index (Phi) is 7.47. The van der Waals surface area contributed by atoms with Crippen molar-refractivity contribution in [2.75, 3.05) is 18.5 Å². The van der Waals surface area contributed by atoms with Gasteiger partial charge in [-0.25, -0.2) is 9.78 Å². The lowest BCUT2D eigenvalue weighted by Crippen LogP contribution is -2.33. The minimum Gasteiger partial charge on any atom is -0.396 e. The Morgan fingerprint density at radius 3 is 2.71 bits per heavy atom. The molecule has 1 atom stereocenters. The Bertz CT molecular complexity index is 451. The highest BCUT2D eigenvalue weighted by molar-refractivity contribution is 6.32. The van der Waals surface area contributed by atoms with Crippen molar-refractivity contribution in [1.82, 2.24) is 10.3 Å². The van der Waals surface area contributed by atoms with Gasteiger partial charge < -0.3 is 15.7 Å². The Balaban J connectivity index is 2.57. The summed E-state index contributed by atoms with van der Waals surface area (Å²) in [5, 5.41) is 14.9. The lowest BCUT2D eigenvalue weighted by molar-refractivity contribution is 0.236. The molecule has 0 saturated heterocycles. The minimum atomic E-state index is -0.301. The molecule has 1 rings (SSSR count). The van der Waals surface area contributed by atoms with Crippen molar-refractivity contribution in [1.29, 1.82) is 0 Å². The van der Waals surface area contributed by atoms with E-state index in [4.69, 9.17) is 16.7 Å². The van der Waals surface area contributed by atoms with Gasteiger partial charge in [0.25, 0.3) is 0 Å². The fraction of sp³-hybridized carbons (Fsp3) is 0.600. The van der Waals surface area contributed by atoms with Gasteiger partial charge in [0.2, 0.25) is 0 Å². The van der Waals surface area contributed by atoms with Crippen molar-refractivity contribution in [3.63, 3.8) is 0 Å². The number of hydrogen-bond acceptors (Lipinski definition) is 3. The summed E-state index contributed by atoms with van der Waals surface area (Å²) in [5.41, 5.74) is 2.23. The fourth-order valence-electron chi connectivity index (χ4n) is 2.28. The highest BCUT2D eigenvalue weighted by Crippen LogP contribution is 2.24. The normalized spacial score (nSPS) is 12.0. The topological polar surface area (TPSA) is 74.2 Å². The Morgan fingerprint density at radius 2 is 2.14 bits per heavy atom. The molecule has 0 fully saturated rings. The zero-order valence-corrected chi connectivity index (χ0v) is 13.6. The SMILES string of the molecule is CCCC(CCO)CNC(=O)Nc1c(C)cc(C)nc1Cl. The number of nitrogens with one attached hydrogen (secondary N) is 2. The largest absolute Gasteiger partial charge is 0.396 e. The minimum absolute atomic E-state index is 0.140. The summed E-state index contributed by atoms with van der Waals surface area (Å²) < 4.78 is 0. The lowest BCUT2D eigenvalue weighted by Gasteiger charge is -2.17. The van der Waals surface area contributed by atoms with E-state index in [-0.39, 0.29) is 12.6 Å². The quantitative estimate of drug-likeness (QED) is 0.676. The number of aliphatic hydroxyl groups excluding tert-OH is 1. The van der Waals surface area contributed by atoms with E-state index in [1.807, 2.05) is 19.9 Å². The molecule has 0 aliphatic rings. The number of pyridine rings is 1. The Labute approximate surface area is 131 Å². The molecule has 1 heterocycles. The number of amides is 2. The number of anilines is 1. The summed E-state index contributed by atoms with van der Waals surface area (Å²) >= 11 is 6.05. The van der Waals surface area contributed by atoms with Crippen LogP contribution >= 0.6 is 11.6 Å². The second-order valence-corrected chi connectivity index (χ2v) is 5.61. The van der Waals surface area contributed by atoms with Crippen LogP contribution in [0.25, 0.3) is 0 Å². The van der Waals surface area contributed by atoms with Crippen molar-refractivity contribution in [2.24, 2.45) is 5.92 Å². The van der Waals surface area contributed by atoms with Crippen LogP contribution in [0, 0.1) is 19.8 Å². The van der Waals surface area contributed by atoms with Gasteiger partial charge in [-0.1, -0.05) is 24.9 Å². The molecule has 21 heavy (non-hydrogen) atoms. The van der Waals surface area contributed by atoms with Crippen molar-refractivity contribution in [3.05, 3.63) is 22.5 Å². The van der Waals surface area contributed by atoms with Gasteiger partial charge in [0.1, 0.15) is 0 Å². The monoisotopic (exact) mass is 313 g/mol. The number of aromatic nitrogens is 1. The van der Waals surface area contributed by atoms with Crippen LogP contribution in [-0.2, 0) is 0 Å². The molecule has 0 spiro atoms. The molecule has 0 radical (unpaired) electrons. The van der Waals surface area contributed by atoms with Crippen LogP contribution in [0.1, 0.15) is 37.4 Å². The third kappa shape index (κ3) is 5.89. The molecule has 0 bridgehead atoms. The van der Waals surface area contributed by atoms with Gasteiger partial charge in [-0.3, -0.25) is 0 Å². The number of hydrogen-bond donors (Lipinski definition) is 3. The number of rotatable bonds is 7. The molecule has 6 heteroatoms. The van der Waals surface area contributed by atoms with Crippen molar-refractivity contribution >= 4 is 23.3 Å². The van der Waals surface area contributed by atoms with Crippen LogP contribution in [0.15, 0.2) is 6.07 Å². The standard InChI is InChI=1S/C15H24ClN3O2/c1-4-5-12(6-7-20)9-17-15(21)19-13-10(2)8-11(3)18-14(13)16/h8,12,20H,4-7,9H2,1-3H3,(H2,17,19,21). The maximum absolute atomic E-state index is 11.9. The predicted molar refractivity (Wildman–Crippen MR) is 85.8 cm³/mol. The molecule has 0 aromatic carbocycles. The molecule has 0 aliphatic carbocycles. The highest BCUT2D eigenvalue weighted by Gasteiger charge is 2.12. The fourth-order valence-corrected chi connectivity index (χ4v) is 2.61. The van der Waals surface area contributed by atoms with E-state index < -0.39 is 0 Å². The molecule has 1 aromatic heterocycles. The van der Waals surface area contributed by atoms with Gasteiger partial charge in [0.15, 0.2) is 5.15 Å². The molecule has 5 nitrogen and oxygen atoms in total. The molecule has 3 N–H and O–H groups in total. The molecule has 1 unspecified atom stereocenters. The summed E-state index contributed by atoms with van der Waals surface area (Å²) in [5.74, 6) is 0.290. The maximum atomic E-state index is 11.9. The number of nitrogens with zero attached hydrogens (tertiary/aromatic N) is 1. The summed E-state index contributed by atoms with van der Waals surface area (Å²) in [6.45, 7) is 6.50. The Hall–Kier alpha value is -1.33. The van der Waals surface area contributed by atoms with Crippen LogP contribution < -0.4 is 10.6 Å². The van der Waals surface area contributed by atoms with Crippen molar-refractivity contribution < 1.29 is 9.90 Å². The van der Waals surface area contributed by atoms with Crippen LogP contribution in [0.2, 0.25) is 5.15 Å². The smallest absolute Gasteiger partial charge is 0.319 e. The average molecular weight is 314 g/mol. The first-order chi connectivity index (χ1) is 9.97. The molecule has 0 saturated carbocycles. The number of carbonyl (C=O) groups excluding carboxylic acids is 1. The number of aryl methyl sites for hydroxylation is 2. The van der Waals surface area contributed by atoms with E-state index in [1.54, 1.807) is 0 Å². The van der Waals surface area contributed by atoms with Gasteiger partial charge in [-0.15, -0.1) is 0 Å². The zero-order valence-electron chi connectivity index (χ0n) is 12.9. The van der Waals surface area contributed by atoms with E-state index in [2.05, 4.69) is 22.5 Å². The summed E-state index contributed by atoms with van der Waals surface area (Å²) in [4.78, 5) is 16.1. The van der Waals surface area contributed by atoms with E-state index >= 15 is 0 Å². The van der Waals surface area contributed by atoms with E-state index in [9.17, 15) is 4.79 Å². The van der Waals surface area contributed by atoms with Gasteiger partial charge >= 0.3 is 6.03 Å². The number of urea groups is 1. The number of halogens is 1. The first-order valence-electron chi connectivity index (χ1n) is 7.27. The van der Waals surface area contributed by atoms with E-state index in [1.165, 1.54) is 0 Å². The second kappa shape index (κ2) is 8.85. The van der Waals surface area contributed by atoms with Gasteiger partial charge in [0, 0.05) is 18.8 Å². The summed E-state index contributed by atoms with van der Waals surface area (Å²) in [6, 6.07) is 1.57. The molecule has 0 aliphatic heterocycles. The maximum Gasteiger partial charge on any atom is 0.319 e. The summed E-state index contributed by atoms with van der Waals surface area (Å²) in [6.07, 6.45) is 2.70. The lowest BCUT2D eigenvalue weighted by atomic mass is 10.0. The third-order valence-corrected chi connectivity index (χ3v) is 3.60. The molecule has 118 valence electrons. The molecular weight excluding hydrogens is 290 g/mol. The molecular formula is C15H24ClN3O2. The Morgan fingerprint density at radius 1 is 1.43 bits per heavy atom. The van der Waals surface area contributed by atoms with E-state index in [0.717, 1.165) is 24.1 Å². The van der Waals surface area contributed by atoms with Crippen molar-refractivity contribution in [2.45, 2.75) is 40.0 Å². The van der Waals surface area contributed by atoms with E-state index in [0.29, 0.717) is 29.7 Å².